The largest absolute Gasteiger partial charge is 0.480 e. The summed E-state index contributed by atoms with van der Waals surface area (Å²) in [6, 6.07) is -1.78. The third-order valence-electron chi connectivity index (χ3n) is 1.61. The average molecular weight is 232 g/mol. The smallest absolute Gasteiger partial charge is 0.326 e. The van der Waals surface area contributed by atoms with Gasteiger partial charge in [-0.2, -0.15) is 0 Å². The predicted molar refractivity (Wildman–Crippen MR) is 57.2 cm³/mol. The number of amides is 2. The molecule has 0 fully saturated rings. The molecule has 9 nitrogen and oxygen atoms in total. The summed E-state index contributed by atoms with van der Waals surface area (Å²) in [5, 5.41) is 8.75. The fourth-order valence-corrected chi connectivity index (χ4v) is 0.919. The first-order valence-electron chi connectivity index (χ1n) is 4.52. The zero-order valence-corrected chi connectivity index (χ0v) is 8.64. The SMILES string of the molecule is NC(=O)NN[C@@H](CCCN=C(N)N)C(=O)O. The molecule has 9 N–H and O–H groups in total. The van der Waals surface area contributed by atoms with Gasteiger partial charge in [0, 0.05) is 6.54 Å². The van der Waals surface area contributed by atoms with Crippen LogP contribution in [0, 0.1) is 0 Å². The van der Waals surface area contributed by atoms with E-state index in [1.807, 2.05) is 5.43 Å². The Balaban J connectivity index is 3.90. The van der Waals surface area contributed by atoms with Gasteiger partial charge in [-0.25, -0.2) is 10.2 Å². The van der Waals surface area contributed by atoms with E-state index in [9.17, 15) is 9.59 Å². The number of aliphatic imine (C=N–C) groups is 1. The van der Waals surface area contributed by atoms with Crippen LogP contribution >= 0.6 is 0 Å². The molecule has 0 aromatic heterocycles. The monoisotopic (exact) mass is 232 g/mol. The summed E-state index contributed by atoms with van der Waals surface area (Å²) in [4.78, 5) is 24.7. The van der Waals surface area contributed by atoms with Gasteiger partial charge in [0.05, 0.1) is 0 Å². The lowest BCUT2D eigenvalue weighted by molar-refractivity contribution is -0.139. The molecule has 0 saturated carbocycles. The molecule has 0 heterocycles. The van der Waals surface area contributed by atoms with E-state index >= 15 is 0 Å². The lowest BCUT2D eigenvalue weighted by Gasteiger charge is -2.13. The van der Waals surface area contributed by atoms with Crippen molar-refractivity contribution in [1.29, 1.82) is 0 Å². The molecule has 0 aliphatic heterocycles. The second-order valence-electron chi connectivity index (χ2n) is 2.97. The third kappa shape index (κ3) is 7.38. The highest BCUT2D eigenvalue weighted by molar-refractivity contribution is 5.76. The summed E-state index contributed by atoms with van der Waals surface area (Å²) in [6.45, 7) is 0.324. The summed E-state index contributed by atoms with van der Waals surface area (Å²) in [5.74, 6) is -1.14. The van der Waals surface area contributed by atoms with Crippen LogP contribution in [0.15, 0.2) is 4.99 Å². The molecule has 0 radical (unpaired) electrons. The number of carboxylic acids is 1. The molecule has 0 aliphatic carbocycles. The molecule has 0 aliphatic rings. The molecule has 0 aromatic rings. The van der Waals surface area contributed by atoms with Crippen molar-refractivity contribution in [2.45, 2.75) is 18.9 Å². The Kier molecular flexibility index (Phi) is 6.36. The van der Waals surface area contributed by atoms with E-state index in [4.69, 9.17) is 22.3 Å². The van der Waals surface area contributed by atoms with E-state index in [0.717, 1.165) is 0 Å². The number of nitrogens with two attached hydrogens (primary N) is 3. The van der Waals surface area contributed by atoms with Crippen molar-refractivity contribution < 1.29 is 14.7 Å². The van der Waals surface area contributed by atoms with E-state index in [1.54, 1.807) is 0 Å². The van der Waals surface area contributed by atoms with E-state index in [0.29, 0.717) is 13.0 Å². The molecule has 0 unspecified atom stereocenters. The number of hydrogen-bond donors (Lipinski definition) is 6. The minimum Gasteiger partial charge on any atom is -0.480 e. The summed E-state index contributed by atoms with van der Waals surface area (Å²) >= 11 is 0. The first kappa shape index (κ1) is 14.0. The number of rotatable bonds is 7. The minimum atomic E-state index is -1.10. The Bertz CT molecular complexity index is 275. The number of carbonyl (C=O) groups excluding carboxylic acids is 1. The molecule has 0 spiro atoms. The van der Waals surface area contributed by atoms with Gasteiger partial charge in [0.1, 0.15) is 6.04 Å². The number of carboxylic acid groups (broad SMARTS) is 1. The highest BCUT2D eigenvalue weighted by Crippen LogP contribution is 1.97. The molecule has 92 valence electrons. The first-order valence-corrected chi connectivity index (χ1v) is 4.52. The van der Waals surface area contributed by atoms with Crippen LogP contribution in [0.3, 0.4) is 0 Å². The Hall–Kier alpha value is -2.03. The Morgan fingerprint density at radius 2 is 1.94 bits per heavy atom. The van der Waals surface area contributed by atoms with Crippen molar-refractivity contribution in [2.75, 3.05) is 6.54 Å². The van der Waals surface area contributed by atoms with E-state index in [1.165, 1.54) is 0 Å². The highest BCUT2D eigenvalue weighted by atomic mass is 16.4. The predicted octanol–water partition coefficient (Wildman–Crippen LogP) is -2.33. The van der Waals surface area contributed by atoms with Crippen LogP contribution in [0.2, 0.25) is 0 Å². The maximum absolute atomic E-state index is 10.7. The molecule has 0 rings (SSSR count). The third-order valence-corrected chi connectivity index (χ3v) is 1.61. The van der Waals surface area contributed by atoms with Crippen molar-refractivity contribution in [3.05, 3.63) is 0 Å². The number of urea groups is 1. The van der Waals surface area contributed by atoms with Crippen molar-refractivity contribution >= 4 is 18.0 Å². The molecule has 2 amide bonds. The van der Waals surface area contributed by atoms with Crippen LogP contribution in [0.25, 0.3) is 0 Å². The van der Waals surface area contributed by atoms with Gasteiger partial charge in [-0.15, -0.1) is 0 Å². The van der Waals surface area contributed by atoms with Crippen molar-refractivity contribution in [1.82, 2.24) is 10.9 Å². The van der Waals surface area contributed by atoms with Gasteiger partial charge in [0.25, 0.3) is 0 Å². The van der Waals surface area contributed by atoms with Gasteiger partial charge in [-0.1, -0.05) is 0 Å². The number of nitrogens with one attached hydrogen (secondary N) is 2. The van der Waals surface area contributed by atoms with Crippen LogP contribution < -0.4 is 28.1 Å². The number of primary amides is 1. The van der Waals surface area contributed by atoms with Crippen molar-refractivity contribution in [3.8, 4) is 0 Å². The second-order valence-corrected chi connectivity index (χ2v) is 2.97. The van der Waals surface area contributed by atoms with E-state index in [2.05, 4.69) is 10.4 Å². The minimum absolute atomic E-state index is 0.0462. The molecule has 0 saturated heterocycles. The Morgan fingerprint density at radius 3 is 2.38 bits per heavy atom. The van der Waals surface area contributed by atoms with Crippen molar-refractivity contribution in [3.63, 3.8) is 0 Å². The fraction of sp³-hybridized carbons (Fsp3) is 0.571. The molecule has 0 bridgehead atoms. The molecule has 1 atom stereocenters. The number of nitrogens with zero attached hydrogens (tertiary/aromatic N) is 1. The van der Waals surface area contributed by atoms with Gasteiger partial charge in [0.15, 0.2) is 5.96 Å². The van der Waals surface area contributed by atoms with Crippen molar-refractivity contribution in [2.24, 2.45) is 22.2 Å². The van der Waals surface area contributed by atoms with Crippen LogP contribution in [0.4, 0.5) is 4.79 Å². The summed E-state index contributed by atoms with van der Waals surface area (Å²) in [6.07, 6.45) is 0.717. The summed E-state index contributed by atoms with van der Waals surface area (Å²) in [7, 11) is 0. The maximum Gasteiger partial charge on any atom is 0.326 e. The Labute approximate surface area is 92.0 Å². The zero-order chi connectivity index (χ0) is 12.6. The molecule has 9 heteroatoms. The average Bonchev–Trinajstić information content (AvgIpc) is 2.15. The van der Waals surface area contributed by atoms with Gasteiger partial charge in [0.2, 0.25) is 0 Å². The Morgan fingerprint density at radius 1 is 1.31 bits per heavy atom. The molecule has 16 heavy (non-hydrogen) atoms. The number of aliphatic carboxylic acids is 1. The lowest BCUT2D eigenvalue weighted by atomic mass is 10.2. The standard InChI is InChI=1S/C7H16N6O3/c8-6(9)11-3-1-2-4(5(14)15)12-13-7(10)16/h4,12H,1-3H2,(H,14,15)(H4,8,9,11)(H3,10,13,16)/t4-/m0/s1. The van der Waals surface area contributed by atoms with Gasteiger partial charge < -0.3 is 22.3 Å². The number of carbonyl (C=O) groups is 2. The lowest BCUT2D eigenvalue weighted by Crippen LogP contribution is -2.50. The molecular weight excluding hydrogens is 216 g/mol. The normalized spacial score (nSPS) is 11.5. The maximum atomic E-state index is 10.7. The number of hydrazine groups is 1. The van der Waals surface area contributed by atoms with Crippen LogP contribution in [0.5, 0.6) is 0 Å². The van der Waals surface area contributed by atoms with Crippen LogP contribution in [0.1, 0.15) is 12.8 Å². The number of guanidine groups is 1. The fourth-order valence-electron chi connectivity index (χ4n) is 0.919. The van der Waals surface area contributed by atoms with E-state index < -0.39 is 18.0 Å². The van der Waals surface area contributed by atoms with Crippen LogP contribution in [-0.4, -0.2) is 35.7 Å². The van der Waals surface area contributed by atoms with Gasteiger partial charge >= 0.3 is 12.0 Å². The number of hydrogen-bond acceptors (Lipinski definition) is 4. The first-order chi connectivity index (χ1) is 7.43. The highest BCUT2D eigenvalue weighted by Gasteiger charge is 2.16. The zero-order valence-electron chi connectivity index (χ0n) is 8.64. The molecular formula is C7H16N6O3. The summed E-state index contributed by atoms with van der Waals surface area (Å²) < 4.78 is 0. The topological polar surface area (TPSA) is 169 Å². The molecule has 0 aromatic carbocycles. The quantitative estimate of drug-likeness (QED) is 0.124. The second kappa shape index (κ2) is 7.29. The summed E-state index contributed by atoms with van der Waals surface area (Å²) in [5.41, 5.74) is 19.2. The van der Waals surface area contributed by atoms with Gasteiger partial charge in [-0.05, 0) is 12.8 Å². The van der Waals surface area contributed by atoms with Gasteiger partial charge in [-0.3, -0.25) is 15.2 Å². The van der Waals surface area contributed by atoms with E-state index in [-0.39, 0.29) is 12.4 Å². The van der Waals surface area contributed by atoms with Crippen LogP contribution in [-0.2, 0) is 4.79 Å².